The van der Waals surface area contributed by atoms with Crippen LogP contribution in [0.3, 0.4) is 0 Å². The number of aliphatic hydroxyl groups excluding tert-OH is 4. The van der Waals surface area contributed by atoms with Crippen LogP contribution in [0.2, 0.25) is 0 Å². The zero-order chi connectivity index (χ0) is 77.7. The van der Waals surface area contributed by atoms with E-state index in [1.54, 1.807) is 0 Å². The fourth-order valence-corrected chi connectivity index (χ4v) is 10.3. The molecule has 0 aromatic heterocycles. The molecule has 0 bridgehead atoms. The third-order valence-corrected chi connectivity index (χ3v) is 12.9. The topological polar surface area (TPSA) is 162 Å². The maximum absolute atomic E-state index is 7.65. The van der Waals surface area contributed by atoms with Crippen molar-refractivity contribution in [3.05, 3.63) is 287 Å². The van der Waals surface area contributed by atoms with Gasteiger partial charge in [-0.05, 0) is 100 Å². The molecule has 0 heterocycles. The smallest absolute Gasteiger partial charge is 0.143 e. The molecule has 2 aliphatic rings. The molecule has 10 aromatic carbocycles. The molecule has 8 nitrogen and oxygen atoms in total. The Morgan fingerprint density at radius 2 is 0.400 bits per heavy atom. The minimum Gasteiger partial charge on any atom is -0.412 e. The number of hydrogen-bond acceptors (Lipinski definition) is 6. The molecule has 2 aliphatic carbocycles. The van der Waals surface area contributed by atoms with Gasteiger partial charge in [0.25, 0.3) is 0 Å². The molecule has 8 N–H and O–H groups in total. The molecule has 105 heavy (non-hydrogen) atoms. The van der Waals surface area contributed by atoms with E-state index in [0.29, 0.717) is 0 Å². The average molecular weight is 1600 g/mol. The molecule has 0 fully saturated rings. The zero-order valence-corrected chi connectivity index (χ0v) is 76.3. The molecule has 582 valence electrons. The summed E-state index contributed by atoms with van der Waals surface area (Å²) >= 11 is 0. The summed E-state index contributed by atoms with van der Waals surface area (Å²) in [4.78, 5) is 0. The van der Waals surface area contributed by atoms with Gasteiger partial charge < -0.3 is 40.9 Å². The Bertz CT molecular complexity index is 3160. The first-order valence-electron chi connectivity index (χ1n) is 37.9. The second-order valence-corrected chi connectivity index (χ2v) is 22.7. The van der Waals surface area contributed by atoms with Gasteiger partial charge in [0, 0.05) is 93.9 Å². The molecule has 0 aliphatic heterocycles. The first-order chi connectivity index (χ1) is 49.3. The van der Waals surface area contributed by atoms with Gasteiger partial charge in [0.15, 0.2) is 0 Å². The van der Waals surface area contributed by atoms with Crippen LogP contribution in [0.5, 0.6) is 0 Å². The van der Waals surface area contributed by atoms with Crippen molar-refractivity contribution in [2.24, 2.45) is 0 Å². The van der Waals surface area contributed by atoms with Gasteiger partial charge in [-0.1, -0.05) is 441 Å². The van der Waals surface area contributed by atoms with Crippen LogP contribution < -0.4 is 0 Å². The van der Waals surface area contributed by atoms with Gasteiger partial charge in [0.2, 0.25) is 0 Å². The van der Waals surface area contributed by atoms with Crippen LogP contribution in [0.25, 0.3) is 43.8 Å². The van der Waals surface area contributed by atoms with Gasteiger partial charge in [-0.2, -0.15) is 0 Å². The molecule has 0 saturated heterocycles. The molecule has 2 radical (unpaired) electrons. The van der Waals surface area contributed by atoms with Crippen LogP contribution in [0.15, 0.2) is 243 Å². The summed E-state index contributed by atoms with van der Waals surface area (Å²) in [5.74, 6) is 0. The molecule has 0 amide bonds. The van der Waals surface area contributed by atoms with Gasteiger partial charge >= 0.3 is 0 Å². The van der Waals surface area contributed by atoms with Crippen molar-refractivity contribution >= 4 is 21.5 Å². The van der Waals surface area contributed by atoms with Gasteiger partial charge in [-0.25, -0.2) is 0 Å². The molecule has 12 rings (SSSR count). The SMILES string of the molecule is CC.CC.CCC.CCC.CCC.CCC.CCC.CCC.CCC.CCC.CCC.CO.CO.COCO.COCO.O.O.[Y].[Y].c1ccc(C2(c3ccccc3)c3ccccc3-c3ccccc32)cc1.c1ccc2c(c1)-c1ccccc1C2(c1ccc2ccccc2c1)c1ccc2ccccc2c1. The number of hydrogen-bond donors (Lipinski definition) is 4. The van der Waals surface area contributed by atoms with Crippen molar-refractivity contribution in [2.75, 3.05) is 42.0 Å². The summed E-state index contributed by atoms with van der Waals surface area (Å²) in [6.07, 6.45) is 11.2. The molecular weight excluding hydrogens is 1450 g/mol. The van der Waals surface area contributed by atoms with E-state index >= 15 is 0 Å². The van der Waals surface area contributed by atoms with E-state index in [0.717, 1.165) is 14.2 Å². The summed E-state index contributed by atoms with van der Waals surface area (Å²) in [6.45, 7) is 45.9. The van der Waals surface area contributed by atoms with Crippen LogP contribution in [0.1, 0.15) is 255 Å². The molecule has 0 saturated carbocycles. The largest absolute Gasteiger partial charge is 0.412 e. The van der Waals surface area contributed by atoms with E-state index in [1.807, 2.05) is 27.7 Å². The van der Waals surface area contributed by atoms with Gasteiger partial charge in [0.1, 0.15) is 13.6 Å². The summed E-state index contributed by atoms with van der Waals surface area (Å²) in [5, 5.41) is 34.4. The van der Waals surface area contributed by atoms with Crippen molar-refractivity contribution in [3.8, 4) is 22.3 Å². The minimum absolute atomic E-state index is 0. The first kappa shape index (κ1) is 118. The van der Waals surface area contributed by atoms with E-state index < -0.39 is 0 Å². The Balaban J connectivity index is -0.000000162. The third-order valence-electron chi connectivity index (χ3n) is 12.9. The Hall–Kier alpha value is -5.39. The predicted octanol–water partition coefficient (Wildman–Crippen LogP) is 25.9. The maximum atomic E-state index is 7.65. The number of rotatable bonds is 6. The Morgan fingerprint density at radius 3 is 0.600 bits per heavy atom. The third kappa shape index (κ3) is 39.5. The summed E-state index contributed by atoms with van der Waals surface area (Å²) in [5.41, 5.74) is 15.4. The summed E-state index contributed by atoms with van der Waals surface area (Å²) in [6, 6.07) is 88.6. The van der Waals surface area contributed by atoms with E-state index in [1.165, 1.54) is 160 Å². The van der Waals surface area contributed by atoms with Crippen molar-refractivity contribution in [2.45, 2.75) is 221 Å². The Kier molecular flexibility index (Phi) is 91.2. The number of benzene rings is 10. The number of aliphatic hydroxyl groups is 4. The molecule has 10 heteroatoms. The van der Waals surface area contributed by atoms with Crippen molar-refractivity contribution in [1.82, 2.24) is 0 Å². The number of methoxy groups -OCH3 is 2. The maximum Gasteiger partial charge on any atom is 0.143 e. The second-order valence-electron chi connectivity index (χ2n) is 22.7. The van der Waals surface area contributed by atoms with E-state index in [2.05, 4.69) is 377 Å². The molecule has 0 spiro atoms. The Morgan fingerprint density at radius 1 is 0.238 bits per heavy atom. The zero-order valence-electron chi connectivity index (χ0n) is 70.6. The van der Waals surface area contributed by atoms with Crippen LogP contribution in [-0.2, 0) is 85.7 Å². The van der Waals surface area contributed by atoms with Crippen LogP contribution in [0.4, 0.5) is 0 Å². The Labute approximate surface area is 694 Å². The second kappa shape index (κ2) is 81.1. The molecule has 10 aromatic rings. The van der Waals surface area contributed by atoms with E-state index in [9.17, 15) is 0 Å². The number of ether oxygens (including phenoxy) is 2. The van der Waals surface area contributed by atoms with Crippen molar-refractivity contribution in [1.29, 1.82) is 0 Å². The molecular formula is C95H148O8Y2. The fourth-order valence-electron chi connectivity index (χ4n) is 10.3. The van der Waals surface area contributed by atoms with Crippen molar-refractivity contribution < 1.29 is 106 Å². The van der Waals surface area contributed by atoms with Crippen molar-refractivity contribution in [3.63, 3.8) is 0 Å². The quantitative estimate of drug-likeness (QED) is 0.121. The van der Waals surface area contributed by atoms with Crippen LogP contribution in [-0.4, -0.2) is 73.4 Å². The van der Waals surface area contributed by atoms with E-state index in [4.69, 9.17) is 20.4 Å². The average Bonchev–Trinajstić information content (AvgIpc) is 1.60. The summed E-state index contributed by atoms with van der Waals surface area (Å²) < 4.78 is 8.19. The van der Waals surface area contributed by atoms with Gasteiger partial charge in [-0.3, -0.25) is 0 Å². The monoisotopic (exact) mass is 1590 g/mol. The predicted molar refractivity (Wildman–Crippen MR) is 461 cm³/mol. The fraction of sp³-hybridized carbons (Fsp3) is 0.411. The number of fused-ring (bicyclic) bond motifs is 8. The van der Waals surface area contributed by atoms with Gasteiger partial charge in [-0.15, -0.1) is 0 Å². The van der Waals surface area contributed by atoms with E-state index in [-0.39, 0.29) is 101 Å². The van der Waals surface area contributed by atoms with Gasteiger partial charge in [0.05, 0.1) is 10.8 Å². The molecule has 0 atom stereocenters. The van der Waals surface area contributed by atoms with Crippen LogP contribution in [0, 0.1) is 0 Å². The van der Waals surface area contributed by atoms with Crippen LogP contribution >= 0.6 is 0 Å². The summed E-state index contributed by atoms with van der Waals surface area (Å²) in [7, 11) is 4.86. The normalized spacial score (nSPS) is 9.96. The first-order valence-corrected chi connectivity index (χ1v) is 37.9. The molecule has 0 unspecified atom stereocenters. The minimum atomic E-state index is -0.360. The standard InChI is InChI=1S/C33H22.C25H18.9C3H8.2C2H6O2.2C2H6.2CH4O.2H2O.2Y/c1-3-11-25-21-27(19-17-23(25)9-1)33(28-20-18-24-10-2-4-12-26(24)22-28)31-15-7-5-13-29(31)30-14-6-8-16-32(30)33;1-3-11-19(12-4-1)25(20-13-5-2-6-14-20)23-17-9-7-15-21(23)22-16-8-10-18-24(22)25;9*1-3-2;2*1-4-2-3;4*1-2;;;;/h1-22H;1-18H;9*3H2,1-2H3;2*3H,2H2,1H3;2*1-2H3;2*2H,1H3;2*1H2;;.